The molecule has 8 N–H and O–H groups in total. The van der Waals surface area contributed by atoms with Crippen LogP contribution in [0, 0.1) is 39.4 Å². The summed E-state index contributed by atoms with van der Waals surface area (Å²) in [4.78, 5) is 28.6. The molecule has 410 valence electrons. The second-order valence-electron chi connectivity index (χ2n) is 22.8. The summed E-state index contributed by atoms with van der Waals surface area (Å²) in [5.74, 6) is -0.866. The second kappa shape index (κ2) is 19.7. The van der Waals surface area contributed by atoms with Crippen LogP contribution >= 0.6 is 0 Å². The van der Waals surface area contributed by atoms with Crippen LogP contribution in [0.4, 0.5) is 0 Å². The Hall–Kier alpha value is -2.12. The van der Waals surface area contributed by atoms with Gasteiger partial charge in [0.25, 0.3) is 0 Å². The van der Waals surface area contributed by atoms with Crippen molar-refractivity contribution >= 4 is 32.6 Å². The van der Waals surface area contributed by atoms with Crippen molar-refractivity contribution in [3.05, 3.63) is 23.8 Å². The van der Waals surface area contributed by atoms with E-state index in [-0.39, 0.29) is 35.4 Å². The number of rotatable bonds is 15. The number of carbonyl (C=O) groups excluding carboxylic acids is 2. The van der Waals surface area contributed by atoms with Gasteiger partial charge in [-0.3, -0.25) is 18.7 Å². The first-order valence-electron chi connectivity index (χ1n) is 24.7. The van der Waals surface area contributed by atoms with Crippen molar-refractivity contribution < 1.29 is 108 Å². The average Bonchev–Trinajstić information content (AvgIpc) is 3.66. The van der Waals surface area contributed by atoms with E-state index in [4.69, 9.17) is 41.9 Å². The third kappa shape index (κ3) is 9.70. The summed E-state index contributed by atoms with van der Waals surface area (Å²) in [6.45, 7) is 16.1. The molecule has 0 radical (unpaired) electrons. The minimum atomic E-state index is -5.16. The van der Waals surface area contributed by atoms with Crippen molar-refractivity contribution in [3.63, 3.8) is 0 Å². The number of hydrogen-bond donors (Lipinski definition) is 8. The first-order chi connectivity index (χ1) is 33.3. The van der Waals surface area contributed by atoms with E-state index in [1.165, 1.54) is 12.5 Å². The number of Topliss-reactive ketones (excluding diaryl/α,β-unsaturated/α-hetero) is 1. The fraction of sp³-hybridized carbons (Fsp3) is 0.872. The lowest BCUT2D eigenvalue weighted by molar-refractivity contribution is -0.379. The Morgan fingerprint density at radius 1 is 0.806 bits per heavy atom. The van der Waals surface area contributed by atoms with Gasteiger partial charge in [-0.05, 0) is 100 Å². The topological polar surface area (TPSA) is 347 Å². The van der Waals surface area contributed by atoms with Gasteiger partial charge < -0.3 is 63.8 Å². The molecule has 4 saturated heterocycles. The predicted molar refractivity (Wildman–Crippen MR) is 244 cm³/mol. The van der Waals surface area contributed by atoms with Gasteiger partial charge in [-0.2, -0.15) is 16.8 Å². The molecule has 0 aromatic rings. The van der Waals surface area contributed by atoms with Crippen molar-refractivity contribution in [1.82, 2.24) is 0 Å². The average molecular weight is 1070 g/mol. The van der Waals surface area contributed by atoms with E-state index in [9.17, 15) is 61.6 Å². The van der Waals surface area contributed by atoms with E-state index in [1.54, 1.807) is 0 Å². The Bertz CT molecular complexity index is 2350. The Labute approximate surface area is 419 Å². The van der Waals surface area contributed by atoms with Crippen LogP contribution in [0.1, 0.15) is 106 Å². The molecule has 7 fully saturated rings. The first-order valence-corrected chi connectivity index (χ1v) is 27.4. The minimum Gasteiger partial charge on any atom is -0.458 e. The lowest BCUT2D eigenvalue weighted by Crippen LogP contribution is -2.65. The first kappa shape index (κ1) is 56.1. The zero-order chi connectivity index (χ0) is 53.1. The van der Waals surface area contributed by atoms with Crippen LogP contribution in [0.2, 0.25) is 0 Å². The molecule has 0 amide bonds. The summed E-state index contributed by atoms with van der Waals surface area (Å²) in [6, 6.07) is 0. The van der Waals surface area contributed by atoms with Crippen molar-refractivity contribution in [1.29, 1.82) is 0 Å². The Balaban J connectivity index is 0.990. The number of allylic oxidation sites excluding steroid dienone is 3. The van der Waals surface area contributed by atoms with Crippen molar-refractivity contribution in [2.75, 3.05) is 13.2 Å². The number of fused-ring (bicyclic) bond motifs is 4. The summed E-state index contributed by atoms with van der Waals surface area (Å²) in [5, 5.41) is 65.9. The summed E-state index contributed by atoms with van der Waals surface area (Å²) < 4.78 is 116. The molecule has 25 heteroatoms. The molecule has 8 rings (SSSR count). The van der Waals surface area contributed by atoms with Gasteiger partial charge in [0, 0.05) is 6.42 Å². The summed E-state index contributed by atoms with van der Waals surface area (Å²) in [5.41, 5.74) is -1.34. The molecule has 8 aliphatic rings. The highest BCUT2D eigenvalue weighted by Crippen LogP contribution is 2.75. The molecule has 0 unspecified atom stereocenters. The molecule has 22 atom stereocenters. The summed E-state index contributed by atoms with van der Waals surface area (Å²) >= 11 is 0. The molecule has 3 saturated carbocycles. The molecule has 72 heavy (non-hydrogen) atoms. The standard InChI is InChI=1S/C47H72O23S2/c1-21(2)10-9-15-46(8)38-25(48)18-45(7)24-11-12-28-43(4,5)29(14-16-44(28,6)23(24)13-17-47(38,45)42(55)69-46)66-41-37(31(50)27(19-62-41)70-72(59,60)61)68-39-35(54)33(52)36(22(3)64-39)67-40-34(53)32(51)30(49)26(65-40)20-63-71(56,57)58/h13,22,24,26-41,49-54H,1,9-12,14-20H2,2-8H3,(H,56,57,58)(H,59,60,61)/t22-,24-,26-,27-,28+,29+,30-,31+,32+,33-,34-,35-,36+,37-,38-,39-,40+,41+,44-,45+,46+,47-/m1/s1. The maximum Gasteiger partial charge on any atom is 0.397 e. The van der Waals surface area contributed by atoms with Gasteiger partial charge in [0.2, 0.25) is 0 Å². The predicted octanol–water partition coefficient (Wildman–Crippen LogP) is 0.967. The lowest BCUT2D eigenvalue weighted by atomic mass is 9.41. The second-order valence-corrected chi connectivity index (χ2v) is 24.9. The maximum absolute atomic E-state index is 14.3. The lowest BCUT2D eigenvalue weighted by Gasteiger charge is -2.63. The van der Waals surface area contributed by atoms with Gasteiger partial charge >= 0.3 is 26.8 Å². The molecule has 23 nitrogen and oxygen atoms in total. The van der Waals surface area contributed by atoms with Crippen LogP contribution in [0.25, 0.3) is 0 Å². The summed E-state index contributed by atoms with van der Waals surface area (Å²) in [6.07, 6.45) is -18.2. The van der Waals surface area contributed by atoms with Crippen LogP contribution in [-0.2, 0) is 71.9 Å². The largest absolute Gasteiger partial charge is 0.458 e. The normalized spacial score (nSPS) is 48.2. The quantitative estimate of drug-likeness (QED) is 0.0490. The number of hydrogen-bond acceptors (Lipinski definition) is 21. The highest BCUT2D eigenvalue weighted by molar-refractivity contribution is 7.81. The van der Waals surface area contributed by atoms with Gasteiger partial charge in [-0.1, -0.05) is 44.9 Å². The number of cyclic esters (lactones) is 1. The number of ether oxygens (including phenoxy) is 7. The third-order valence-corrected chi connectivity index (χ3v) is 18.9. The molecule has 4 aliphatic carbocycles. The van der Waals surface area contributed by atoms with Crippen LogP contribution < -0.4 is 0 Å². The van der Waals surface area contributed by atoms with Crippen molar-refractivity contribution in [2.45, 2.75) is 204 Å². The van der Waals surface area contributed by atoms with E-state index in [0.29, 0.717) is 38.5 Å². The van der Waals surface area contributed by atoms with Crippen LogP contribution in [0.5, 0.6) is 0 Å². The van der Waals surface area contributed by atoms with Crippen LogP contribution in [-0.4, -0.2) is 179 Å². The number of aliphatic hydroxyl groups is 6. The number of aliphatic hydroxyl groups excluding tert-OH is 6. The van der Waals surface area contributed by atoms with Gasteiger partial charge in [-0.25, -0.2) is 8.37 Å². The van der Waals surface area contributed by atoms with Crippen molar-refractivity contribution in [2.24, 2.45) is 39.4 Å². The Kier molecular flexibility index (Phi) is 15.4. The van der Waals surface area contributed by atoms with Gasteiger partial charge in [-0.15, -0.1) is 6.58 Å². The van der Waals surface area contributed by atoms with Crippen LogP contribution in [0.3, 0.4) is 0 Å². The zero-order valence-electron chi connectivity index (χ0n) is 41.5. The maximum atomic E-state index is 14.3. The highest BCUT2D eigenvalue weighted by atomic mass is 32.3. The molecular weight excluding hydrogens is 997 g/mol. The number of esters is 1. The fourth-order valence-corrected chi connectivity index (χ4v) is 15.2. The molecule has 0 aromatic heterocycles. The number of ketones is 1. The van der Waals surface area contributed by atoms with Gasteiger partial charge in [0.15, 0.2) is 18.9 Å². The van der Waals surface area contributed by atoms with E-state index >= 15 is 0 Å². The highest BCUT2D eigenvalue weighted by Gasteiger charge is 2.79. The van der Waals surface area contributed by atoms with Gasteiger partial charge in [0.1, 0.15) is 72.4 Å². The molecule has 0 bridgehead atoms. The molecule has 0 aromatic carbocycles. The van der Waals surface area contributed by atoms with Crippen LogP contribution in [0.15, 0.2) is 23.8 Å². The zero-order valence-corrected chi connectivity index (χ0v) is 43.1. The van der Waals surface area contributed by atoms with Gasteiger partial charge in [0.05, 0.1) is 36.8 Å². The SMILES string of the molecule is C=C(C)CCC[C@]1(C)OC(=O)[C@]23CC=C4[C@@H](CC[C@H]5C(C)(C)[C@@H](O[C@@H]6OC[C@@H](OS(=O)(=O)O)[C@H](O)[C@H]6O[C@H]6O[C@H](C)[C@H](O[C@@H]7O[C@H](COS(=O)(=O)O)[C@@H](O)[C@H](O)[C@H]7O)[C@H](O)[C@H]6O)CC[C@]45C)[C@]2(C)CC(=O)[C@@H]31. The molecule has 4 heterocycles. The number of carbonyl (C=O) groups is 2. The smallest absolute Gasteiger partial charge is 0.397 e. The van der Waals surface area contributed by atoms with E-state index in [1.807, 2.05) is 13.8 Å². The van der Waals surface area contributed by atoms with E-state index in [2.05, 4.69) is 44.5 Å². The Morgan fingerprint density at radius 2 is 1.46 bits per heavy atom. The third-order valence-electron chi connectivity index (χ3n) is 17.9. The summed E-state index contributed by atoms with van der Waals surface area (Å²) in [7, 11) is -10.2. The monoisotopic (exact) mass is 1070 g/mol. The fourth-order valence-electron chi connectivity index (χ4n) is 14.5. The minimum absolute atomic E-state index is 0.0128. The molecule has 4 aliphatic heterocycles. The molecular formula is C47H72O23S2. The van der Waals surface area contributed by atoms with E-state index in [0.717, 1.165) is 18.4 Å². The van der Waals surface area contributed by atoms with E-state index < -0.39 is 154 Å². The van der Waals surface area contributed by atoms with Crippen molar-refractivity contribution in [3.8, 4) is 0 Å². The molecule has 1 spiro atoms. The Morgan fingerprint density at radius 3 is 2.11 bits per heavy atom.